The number of amides is 5. The van der Waals surface area contributed by atoms with Crippen molar-refractivity contribution in [2.24, 2.45) is 5.73 Å². The third-order valence-corrected chi connectivity index (χ3v) is 11.7. The lowest BCUT2D eigenvalue weighted by atomic mass is 10.0. The smallest absolute Gasteiger partial charge is 0.318 e. The molecule has 5 amide bonds. The third kappa shape index (κ3) is 9.67. The number of morpholine rings is 1. The Kier molecular flexibility index (Phi) is 12.8. The fraction of sp³-hybridized carbons (Fsp3) is 0.312. The number of ether oxygens (including phenoxy) is 1. The number of nitrogens with one attached hydrogen (secondary N) is 3. The zero-order valence-electron chi connectivity index (χ0n) is 34.0. The molecular weight excluding hydrogens is 769 g/mol. The molecule has 3 aliphatic heterocycles. The van der Waals surface area contributed by atoms with Gasteiger partial charge in [0.2, 0.25) is 11.8 Å². The molecule has 3 saturated heterocycles. The van der Waals surface area contributed by atoms with E-state index in [0.29, 0.717) is 57.1 Å². The van der Waals surface area contributed by atoms with Gasteiger partial charge in [-0.25, -0.2) is 9.78 Å². The van der Waals surface area contributed by atoms with Crippen LogP contribution in [0.5, 0.6) is 0 Å². The highest BCUT2D eigenvalue weighted by molar-refractivity contribution is 5.94. The highest BCUT2D eigenvalue weighted by Gasteiger charge is 2.37. The molecule has 0 spiro atoms. The number of nitrogens with two attached hydrogens (primary N) is 1. The number of nitrogens with zero attached hydrogens (tertiary/aromatic N) is 4. The molecule has 3 aliphatic rings. The maximum absolute atomic E-state index is 14.0. The number of benzene rings is 4. The van der Waals surface area contributed by atoms with E-state index >= 15 is 0 Å². The molecular formula is C48H50N8O5. The van der Waals surface area contributed by atoms with Crippen LogP contribution in [0.15, 0.2) is 115 Å². The van der Waals surface area contributed by atoms with E-state index in [1.807, 2.05) is 102 Å². The number of rotatable bonds is 10. The van der Waals surface area contributed by atoms with Crippen molar-refractivity contribution in [2.75, 3.05) is 45.9 Å². The van der Waals surface area contributed by atoms with Crippen molar-refractivity contribution < 1.29 is 23.9 Å². The fourth-order valence-corrected chi connectivity index (χ4v) is 8.26. The summed E-state index contributed by atoms with van der Waals surface area (Å²) in [5.41, 5.74) is 11.8. The summed E-state index contributed by atoms with van der Waals surface area (Å²) in [6, 6.07) is 31.5. The van der Waals surface area contributed by atoms with E-state index in [9.17, 15) is 19.2 Å². The molecule has 4 aromatic carbocycles. The number of carbonyl (C=O) groups is 4. The number of aromatic amines is 1. The topological polar surface area (TPSA) is 166 Å². The Balaban J connectivity index is 0.845. The maximum Gasteiger partial charge on any atom is 0.318 e. The summed E-state index contributed by atoms with van der Waals surface area (Å²) < 4.78 is 5.39. The van der Waals surface area contributed by atoms with E-state index in [0.717, 1.165) is 59.5 Å². The highest BCUT2D eigenvalue weighted by Crippen LogP contribution is 2.33. The second-order valence-electron chi connectivity index (χ2n) is 15.6. The second-order valence-corrected chi connectivity index (χ2v) is 15.6. The first-order valence-corrected chi connectivity index (χ1v) is 21.0. The second kappa shape index (κ2) is 19.1. The van der Waals surface area contributed by atoms with Crippen molar-refractivity contribution in [3.63, 3.8) is 0 Å². The molecule has 8 rings (SSSR count). The molecule has 0 radical (unpaired) electrons. The van der Waals surface area contributed by atoms with Crippen molar-refractivity contribution in [1.29, 1.82) is 0 Å². The van der Waals surface area contributed by atoms with E-state index < -0.39 is 12.1 Å². The number of likely N-dealkylation sites (tertiary alicyclic amines) is 2. The van der Waals surface area contributed by atoms with Crippen LogP contribution >= 0.6 is 0 Å². The van der Waals surface area contributed by atoms with Gasteiger partial charge in [0.1, 0.15) is 17.9 Å². The molecule has 5 N–H and O–H groups in total. The summed E-state index contributed by atoms with van der Waals surface area (Å²) in [7, 11) is 0. The number of carbonyl (C=O) groups excluding carboxylic acids is 4. The van der Waals surface area contributed by atoms with Gasteiger partial charge in [0.25, 0.3) is 5.91 Å². The van der Waals surface area contributed by atoms with Gasteiger partial charge in [-0.15, -0.1) is 0 Å². The van der Waals surface area contributed by atoms with Crippen LogP contribution in [0.1, 0.15) is 82.2 Å². The normalized spacial score (nSPS) is 18.5. The molecule has 61 heavy (non-hydrogen) atoms. The molecule has 4 heterocycles. The Morgan fingerprint density at radius 2 is 1.38 bits per heavy atom. The monoisotopic (exact) mass is 818 g/mol. The maximum atomic E-state index is 14.0. The van der Waals surface area contributed by atoms with Crippen molar-refractivity contribution in [2.45, 2.75) is 49.9 Å². The average molecular weight is 819 g/mol. The van der Waals surface area contributed by atoms with E-state index in [4.69, 9.17) is 10.5 Å². The largest absolute Gasteiger partial charge is 0.378 e. The van der Waals surface area contributed by atoms with Crippen molar-refractivity contribution >= 4 is 23.8 Å². The van der Waals surface area contributed by atoms with E-state index in [1.165, 1.54) is 0 Å². The molecule has 3 fully saturated rings. The van der Waals surface area contributed by atoms with Crippen LogP contribution in [-0.2, 0) is 14.3 Å². The summed E-state index contributed by atoms with van der Waals surface area (Å²) in [6.07, 6.45) is 5.05. The van der Waals surface area contributed by atoms with Gasteiger partial charge in [-0.3, -0.25) is 14.4 Å². The Morgan fingerprint density at radius 1 is 0.754 bits per heavy atom. The lowest BCUT2D eigenvalue weighted by Crippen LogP contribution is -2.52. The van der Waals surface area contributed by atoms with Gasteiger partial charge >= 0.3 is 6.03 Å². The number of urea groups is 1. The predicted molar refractivity (Wildman–Crippen MR) is 231 cm³/mol. The molecule has 5 aromatic rings. The number of H-pyrrole nitrogens is 1. The van der Waals surface area contributed by atoms with Crippen LogP contribution < -0.4 is 16.4 Å². The Hall–Kier alpha value is -6.75. The zero-order chi connectivity index (χ0) is 42.1. The quantitative estimate of drug-likeness (QED) is 0.138. The minimum Gasteiger partial charge on any atom is -0.378 e. The molecule has 1 aromatic heterocycles. The van der Waals surface area contributed by atoms with Gasteiger partial charge < -0.3 is 40.8 Å². The van der Waals surface area contributed by atoms with Crippen LogP contribution in [0.2, 0.25) is 0 Å². The fourth-order valence-electron chi connectivity index (χ4n) is 8.26. The van der Waals surface area contributed by atoms with Crippen LogP contribution in [0.4, 0.5) is 4.79 Å². The Labute approximate surface area is 355 Å². The van der Waals surface area contributed by atoms with Gasteiger partial charge in [-0.1, -0.05) is 84.6 Å². The first-order valence-electron chi connectivity index (χ1n) is 21.0. The summed E-state index contributed by atoms with van der Waals surface area (Å²) in [5, 5.41) is 5.99. The number of imidazole rings is 1. The lowest BCUT2D eigenvalue weighted by molar-refractivity contribution is -0.134. The first kappa shape index (κ1) is 41.0. The molecule has 0 unspecified atom stereocenters. The van der Waals surface area contributed by atoms with Crippen molar-refractivity contribution in [3.05, 3.63) is 149 Å². The van der Waals surface area contributed by atoms with Crippen molar-refractivity contribution in [1.82, 2.24) is 35.3 Å². The Bertz CT molecular complexity index is 2370. The summed E-state index contributed by atoms with van der Waals surface area (Å²) in [4.78, 5) is 67.2. The SMILES string of the molecule is N[C@@H](C(=O)N1CCC[C@H]1c1ncc(-c2ccc(C#Cc3ccc(C(=O)NC[C@@H]4CCCN4C(=O)[C@H](NC(=O)N4CCOCC4)c4ccccc4)cc3)cc2)[nH]1)c1ccccc1. The van der Waals surface area contributed by atoms with Crippen molar-refractivity contribution in [3.8, 4) is 23.1 Å². The van der Waals surface area contributed by atoms with Gasteiger partial charge in [0.15, 0.2) is 0 Å². The molecule has 4 atom stereocenters. The average Bonchev–Trinajstić information content (AvgIpc) is 4.12. The summed E-state index contributed by atoms with van der Waals surface area (Å²) in [6.45, 7) is 3.35. The van der Waals surface area contributed by atoms with E-state index in [-0.39, 0.29) is 35.8 Å². The molecule has 13 heteroatoms. The predicted octanol–water partition coefficient (Wildman–Crippen LogP) is 5.34. The van der Waals surface area contributed by atoms with Gasteiger partial charge in [-0.05, 0) is 78.8 Å². The number of hydrogen-bond acceptors (Lipinski definition) is 7. The van der Waals surface area contributed by atoms with Crippen LogP contribution in [0.25, 0.3) is 11.3 Å². The summed E-state index contributed by atoms with van der Waals surface area (Å²) >= 11 is 0. The van der Waals surface area contributed by atoms with Crippen LogP contribution in [-0.4, -0.2) is 100 Å². The van der Waals surface area contributed by atoms with Crippen LogP contribution in [0, 0.1) is 11.8 Å². The van der Waals surface area contributed by atoms with Gasteiger partial charge in [0.05, 0.1) is 31.1 Å². The molecule has 0 saturated carbocycles. The van der Waals surface area contributed by atoms with Gasteiger partial charge in [-0.2, -0.15) is 0 Å². The third-order valence-electron chi connectivity index (χ3n) is 11.7. The minimum atomic E-state index is -0.845. The number of hydrogen-bond donors (Lipinski definition) is 4. The van der Waals surface area contributed by atoms with E-state index in [2.05, 4.69) is 32.4 Å². The molecule has 312 valence electrons. The zero-order valence-corrected chi connectivity index (χ0v) is 34.0. The van der Waals surface area contributed by atoms with Gasteiger partial charge in [0, 0.05) is 55.5 Å². The Morgan fingerprint density at radius 3 is 2.07 bits per heavy atom. The summed E-state index contributed by atoms with van der Waals surface area (Å²) in [5.74, 6) is 6.61. The minimum absolute atomic E-state index is 0.101. The first-order chi connectivity index (χ1) is 29.8. The standard InChI is InChI=1S/C48H50N8O5/c49-42(36-9-3-1-4-10-36)46(58)56-26-8-14-41(56)44-50-32-40(52-44)35-21-17-33(18-22-35)15-16-34-19-23-38(24-20-34)45(57)51-31-39-13-7-25-55(39)47(59)43(37-11-5-2-6-12-37)53-48(60)54-27-29-61-30-28-54/h1-6,9-12,17-24,32,39,41-43H,7-8,13-14,25-31,49H2,(H,50,52)(H,51,57)(H,53,60)/t39-,41-,42+,43+/m0/s1. The lowest BCUT2D eigenvalue weighted by Gasteiger charge is -2.32. The molecule has 13 nitrogen and oxygen atoms in total. The van der Waals surface area contributed by atoms with E-state index in [1.54, 1.807) is 28.1 Å². The van der Waals surface area contributed by atoms with Crippen LogP contribution in [0.3, 0.4) is 0 Å². The molecule has 0 aliphatic carbocycles. The number of aromatic nitrogens is 2. The highest BCUT2D eigenvalue weighted by atomic mass is 16.5. The molecule has 0 bridgehead atoms.